The number of fused-ring (bicyclic) bond motifs is 1. The minimum Gasteiger partial charge on any atom is -0.198 e. The molecule has 0 amide bonds. The highest BCUT2D eigenvalue weighted by molar-refractivity contribution is 5.38. The first-order valence-corrected chi connectivity index (χ1v) is 5.08. The molecule has 1 heteroatoms. The fraction of sp³-hybridized carbons (Fsp3) is 0.462. The summed E-state index contributed by atoms with van der Waals surface area (Å²) in [5.41, 5.74) is 4.48. The number of nitriles is 1. The molecule has 0 spiro atoms. The summed E-state index contributed by atoms with van der Waals surface area (Å²) in [6.07, 6.45) is 2.87. The van der Waals surface area contributed by atoms with Gasteiger partial charge in [-0.3, -0.25) is 0 Å². The molecule has 14 heavy (non-hydrogen) atoms. The van der Waals surface area contributed by atoms with E-state index in [0.29, 0.717) is 11.8 Å². The Morgan fingerprint density at radius 3 is 2.71 bits per heavy atom. The van der Waals surface area contributed by atoms with E-state index in [1.807, 2.05) is 0 Å². The molecule has 0 atom stereocenters. The molecular weight excluding hydrogens is 170 g/mol. The zero-order valence-corrected chi connectivity index (χ0v) is 8.80. The Morgan fingerprint density at radius 2 is 2.00 bits per heavy atom. The molecule has 0 saturated heterocycles. The second kappa shape index (κ2) is 3.13. The Labute approximate surface area is 85.4 Å². The standard InChI is InChI=1S/C13H15N/c1-13(2)8-11-4-3-10(5-6-14)7-12(11)9-13/h3-4,7H,5,8-9H2,1-2H3. The van der Waals surface area contributed by atoms with Crippen molar-refractivity contribution in [2.45, 2.75) is 33.1 Å². The molecule has 0 saturated carbocycles. The van der Waals surface area contributed by atoms with Crippen molar-refractivity contribution >= 4 is 0 Å². The Bertz CT molecular complexity index is 396. The summed E-state index contributed by atoms with van der Waals surface area (Å²) < 4.78 is 0. The lowest BCUT2D eigenvalue weighted by Gasteiger charge is -2.14. The van der Waals surface area contributed by atoms with Crippen LogP contribution in [0, 0.1) is 16.7 Å². The number of nitrogens with zero attached hydrogens (tertiary/aromatic N) is 1. The van der Waals surface area contributed by atoms with Gasteiger partial charge in [0.15, 0.2) is 0 Å². The zero-order chi connectivity index (χ0) is 10.2. The van der Waals surface area contributed by atoms with Crippen molar-refractivity contribution in [2.24, 2.45) is 5.41 Å². The van der Waals surface area contributed by atoms with Crippen LogP contribution in [0.15, 0.2) is 18.2 Å². The molecule has 0 heterocycles. The highest BCUT2D eigenvalue weighted by atomic mass is 14.3. The van der Waals surface area contributed by atoms with Gasteiger partial charge in [0.05, 0.1) is 12.5 Å². The quantitative estimate of drug-likeness (QED) is 0.660. The van der Waals surface area contributed by atoms with E-state index in [1.54, 1.807) is 0 Å². The van der Waals surface area contributed by atoms with Crippen LogP contribution in [-0.4, -0.2) is 0 Å². The zero-order valence-electron chi connectivity index (χ0n) is 8.80. The third kappa shape index (κ3) is 1.65. The molecule has 72 valence electrons. The molecule has 0 bridgehead atoms. The van der Waals surface area contributed by atoms with Crippen molar-refractivity contribution < 1.29 is 0 Å². The molecule has 2 rings (SSSR count). The topological polar surface area (TPSA) is 23.8 Å². The van der Waals surface area contributed by atoms with E-state index >= 15 is 0 Å². The minimum absolute atomic E-state index is 0.410. The number of hydrogen-bond donors (Lipinski definition) is 0. The van der Waals surface area contributed by atoms with Crippen molar-refractivity contribution in [1.82, 2.24) is 0 Å². The first-order chi connectivity index (χ1) is 6.61. The van der Waals surface area contributed by atoms with Crippen molar-refractivity contribution in [1.29, 1.82) is 5.26 Å². The number of hydrogen-bond acceptors (Lipinski definition) is 1. The minimum atomic E-state index is 0.410. The second-order valence-corrected chi connectivity index (χ2v) is 4.96. The van der Waals surface area contributed by atoms with Gasteiger partial charge in [-0.15, -0.1) is 0 Å². The van der Waals surface area contributed by atoms with E-state index in [2.05, 4.69) is 38.1 Å². The predicted molar refractivity (Wildman–Crippen MR) is 56.9 cm³/mol. The first kappa shape index (κ1) is 9.27. The van der Waals surface area contributed by atoms with Gasteiger partial charge in [-0.2, -0.15) is 5.26 Å². The van der Waals surface area contributed by atoms with Crippen LogP contribution >= 0.6 is 0 Å². The van der Waals surface area contributed by atoms with Gasteiger partial charge in [0.2, 0.25) is 0 Å². The lowest BCUT2D eigenvalue weighted by Crippen LogP contribution is -2.09. The summed E-state index contributed by atoms with van der Waals surface area (Å²) in [4.78, 5) is 0. The maximum Gasteiger partial charge on any atom is 0.0669 e. The largest absolute Gasteiger partial charge is 0.198 e. The fourth-order valence-corrected chi connectivity index (χ4v) is 2.31. The van der Waals surface area contributed by atoms with Gasteiger partial charge in [-0.05, 0) is 34.9 Å². The van der Waals surface area contributed by atoms with Gasteiger partial charge < -0.3 is 0 Å². The molecule has 0 aromatic heterocycles. The third-order valence-corrected chi connectivity index (χ3v) is 2.89. The second-order valence-electron chi connectivity index (χ2n) is 4.96. The molecule has 0 N–H and O–H groups in total. The third-order valence-electron chi connectivity index (χ3n) is 2.89. The SMILES string of the molecule is CC1(C)Cc2ccc(CC#N)cc2C1. The fourth-order valence-electron chi connectivity index (χ4n) is 2.31. The van der Waals surface area contributed by atoms with Crippen LogP contribution in [0.1, 0.15) is 30.5 Å². The maximum atomic E-state index is 8.62. The number of benzene rings is 1. The van der Waals surface area contributed by atoms with E-state index in [-0.39, 0.29) is 0 Å². The van der Waals surface area contributed by atoms with Crippen LogP contribution < -0.4 is 0 Å². The molecule has 1 aromatic rings. The summed E-state index contributed by atoms with van der Waals surface area (Å²) in [6.45, 7) is 4.61. The summed E-state index contributed by atoms with van der Waals surface area (Å²) >= 11 is 0. The van der Waals surface area contributed by atoms with Crippen LogP contribution in [-0.2, 0) is 19.3 Å². The van der Waals surface area contributed by atoms with Gasteiger partial charge >= 0.3 is 0 Å². The van der Waals surface area contributed by atoms with Crippen LogP contribution in [0.3, 0.4) is 0 Å². The van der Waals surface area contributed by atoms with Gasteiger partial charge in [0.25, 0.3) is 0 Å². The highest BCUT2D eigenvalue weighted by Gasteiger charge is 2.27. The van der Waals surface area contributed by atoms with Gasteiger partial charge in [-0.25, -0.2) is 0 Å². The van der Waals surface area contributed by atoms with Crippen LogP contribution in [0.2, 0.25) is 0 Å². The molecule has 0 fully saturated rings. The smallest absolute Gasteiger partial charge is 0.0669 e. The van der Waals surface area contributed by atoms with Gasteiger partial charge in [-0.1, -0.05) is 32.0 Å². The van der Waals surface area contributed by atoms with Crippen molar-refractivity contribution in [2.75, 3.05) is 0 Å². The molecule has 1 aromatic carbocycles. The van der Waals surface area contributed by atoms with E-state index in [1.165, 1.54) is 17.5 Å². The van der Waals surface area contributed by atoms with Gasteiger partial charge in [0, 0.05) is 0 Å². The predicted octanol–water partition coefficient (Wildman–Crippen LogP) is 2.88. The van der Waals surface area contributed by atoms with Crippen LogP contribution in [0.4, 0.5) is 0 Å². The summed E-state index contributed by atoms with van der Waals surface area (Å²) in [7, 11) is 0. The maximum absolute atomic E-state index is 8.62. The van der Waals surface area contributed by atoms with E-state index in [4.69, 9.17) is 5.26 Å². The van der Waals surface area contributed by atoms with Crippen LogP contribution in [0.25, 0.3) is 0 Å². The van der Waals surface area contributed by atoms with Crippen molar-refractivity contribution in [3.8, 4) is 6.07 Å². The Balaban J connectivity index is 2.32. The normalized spacial score (nSPS) is 17.5. The molecule has 0 aliphatic heterocycles. The molecule has 1 aliphatic rings. The average Bonchev–Trinajstić information content (AvgIpc) is 2.38. The molecule has 0 unspecified atom stereocenters. The first-order valence-electron chi connectivity index (χ1n) is 5.08. The summed E-state index contributed by atoms with van der Waals surface area (Å²) in [5, 5.41) is 8.62. The Kier molecular flexibility index (Phi) is 2.07. The summed E-state index contributed by atoms with van der Waals surface area (Å²) in [6, 6.07) is 8.68. The van der Waals surface area contributed by atoms with Gasteiger partial charge in [0.1, 0.15) is 0 Å². The van der Waals surface area contributed by atoms with E-state index < -0.39 is 0 Å². The average molecular weight is 185 g/mol. The van der Waals surface area contributed by atoms with Crippen LogP contribution in [0.5, 0.6) is 0 Å². The Morgan fingerprint density at radius 1 is 1.29 bits per heavy atom. The monoisotopic (exact) mass is 185 g/mol. The number of rotatable bonds is 1. The molecule has 1 aliphatic carbocycles. The van der Waals surface area contributed by atoms with E-state index in [9.17, 15) is 0 Å². The summed E-state index contributed by atoms with van der Waals surface area (Å²) in [5.74, 6) is 0. The lowest BCUT2D eigenvalue weighted by atomic mass is 9.90. The van der Waals surface area contributed by atoms with E-state index in [0.717, 1.165) is 12.0 Å². The molecule has 0 radical (unpaired) electrons. The lowest BCUT2D eigenvalue weighted by molar-refractivity contribution is 0.392. The molecular formula is C13H15N. The van der Waals surface area contributed by atoms with Crippen molar-refractivity contribution in [3.63, 3.8) is 0 Å². The Hall–Kier alpha value is -1.29. The highest BCUT2D eigenvalue weighted by Crippen LogP contribution is 2.36. The molecule has 1 nitrogen and oxygen atoms in total. The van der Waals surface area contributed by atoms with Crippen molar-refractivity contribution in [3.05, 3.63) is 34.9 Å².